The Morgan fingerprint density at radius 3 is 2.41 bits per heavy atom. The van der Waals surface area contributed by atoms with Crippen molar-refractivity contribution in [3.63, 3.8) is 0 Å². The number of benzene rings is 2. The molecule has 0 N–H and O–H groups in total. The molecule has 112 valence electrons. The van der Waals surface area contributed by atoms with Crippen LogP contribution in [0.4, 0.5) is 5.69 Å². The standard InChI is InChI=1S/C19H20N2O/c1-20-16-11-7-6-10-15(16)19(14-8-4-3-5-9-14)13-12-17(22)21(2)18(19)20/h3-11,18H,12-13H2,1-2H3/t18-,19+/m0/s1. The van der Waals surface area contributed by atoms with Gasteiger partial charge >= 0.3 is 0 Å². The Morgan fingerprint density at radius 1 is 0.955 bits per heavy atom. The van der Waals surface area contributed by atoms with Gasteiger partial charge in [0.15, 0.2) is 0 Å². The molecule has 4 rings (SSSR count). The Balaban J connectivity index is 2.00. The molecule has 1 fully saturated rings. The van der Waals surface area contributed by atoms with E-state index in [0.717, 1.165) is 6.42 Å². The minimum Gasteiger partial charge on any atom is -0.353 e. The van der Waals surface area contributed by atoms with Crippen molar-refractivity contribution in [2.45, 2.75) is 24.4 Å². The predicted molar refractivity (Wildman–Crippen MR) is 87.9 cm³/mol. The van der Waals surface area contributed by atoms with E-state index in [1.165, 1.54) is 16.8 Å². The average Bonchev–Trinajstić information content (AvgIpc) is 2.83. The van der Waals surface area contributed by atoms with Gasteiger partial charge < -0.3 is 9.80 Å². The van der Waals surface area contributed by atoms with Crippen molar-refractivity contribution in [3.05, 3.63) is 65.7 Å². The summed E-state index contributed by atoms with van der Waals surface area (Å²) in [4.78, 5) is 16.5. The maximum atomic E-state index is 12.3. The molecule has 1 amide bonds. The lowest BCUT2D eigenvalue weighted by Crippen LogP contribution is -2.59. The van der Waals surface area contributed by atoms with Crippen molar-refractivity contribution in [1.82, 2.24) is 4.90 Å². The molecule has 2 aromatic carbocycles. The molecular formula is C19H20N2O. The number of piperidine rings is 1. The third-order valence-corrected chi connectivity index (χ3v) is 5.35. The number of fused-ring (bicyclic) bond motifs is 3. The fourth-order valence-corrected chi connectivity index (χ4v) is 4.42. The van der Waals surface area contributed by atoms with Crippen LogP contribution in [0.5, 0.6) is 0 Å². The first-order chi connectivity index (χ1) is 10.7. The van der Waals surface area contributed by atoms with E-state index in [1.807, 2.05) is 11.9 Å². The molecule has 0 saturated carbocycles. The molecule has 0 unspecified atom stereocenters. The zero-order valence-electron chi connectivity index (χ0n) is 13.0. The van der Waals surface area contributed by atoms with Gasteiger partial charge in [0.05, 0.1) is 5.41 Å². The van der Waals surface area contributed by atoms with E-state index in [4.69, 9.17) is 0 Å². The molecule has 2 aliphatic heterocycles. The van der Waals surface area contributed by atoms with Gasteiger partial charge in [0.1, 0.15) is 6.17 Å². The molecule has 2 aliphatic rings. The Morgan fingerprint density at radius 2 is 1.64 bits per heavy atom. The van der Waals surface area contributed by atoms with Crippen LogP contribution in [0, 0.1) is 0 Å². The van der Waals surface area contributed by atoms with E-state index in [1.54, 1.807) is 0 Å². The highest BCUT2D eigenvalue weighted by molar-refractivity contribution is 5.82. The number of hydrogen-bond acceptors (Lipinski definition) is 2. The van der Waals surface area contributed by atoms with Gasteiger partial charge in [-0.3, -0.25) is 4.79 Å². The van der Waals surface area contributed by atoms with E-state index in [9.17, 15) is 4.79 Å². The van der Waals surface area contributed by atoms with Gasteiger partial charge in [-0.05, 0) is 23.6 Å². The number of anilines is 1. The molecule has 2 heterocycles. The lowest BCUT2D eigenvalue weighted by atomic mass is 9.68. The highest BCUT2D eigenvalue weighted by Crippen LogP contribution is 2.53. The molecule has 0 spiro atoms. The van der Waals surface area contributed by atoms with Gasteiger partial charge in [0.25, 0.3) is 0 Å². The number of para-hydroxylation sites is 1. The second-order valence-corrected chi connectivity index (χ2v) is 6.34. The Kier molecular flexibility index (Phi) is 2.80. The van der Waals surface area contributed by atoms with Crippen LogP contribution in [-0.2, 0) is 10.2 Å². The fourth-order valence-electron chi connectivity index (χ4n) is 4.42. The van der Waals surface area contributed by atoms with Crippen molar-refractivity contribution in [2.24, 2.45) is 0 Å². The normalized spacial score (nSPS) is 26.8. The second kappa shape index (κ2) is 4.60. The molecule has 2 aromatic rings. The van der Waals surface area contributed by atoms with Crippen LogP contribution in [0.15, 0.2) is 54.6 Å². The van der Waals surface area contributed by atoms with Gasteiger partial charge in [-0.15, -0.1) is 0 Å². The lowest BCUT2D eigenvalue weighted by Gasteiger charge is -2.47. The molecule has 2 atom stereocenters. The first-order valence-corrected chi connectivity index (χ1v) is 7.80. The molecule has 3 nitrogen and oxygen atoms in total. The highest BCUT2D eigenvalue weighted by Gasteiger charge is 2.55. The Labute approximate surface area is 131 Å². The summed E-state index contributed by atoms with van der Waals surface area (Å²) < 4.78 is 0. The van der Waals surface area contributed by atoms with Gasteiger partial charge in [0.2, 0.25) is 5.91 Å². The summed E-state index contributed by atoms with van der Waals surface area (Å²) in [6.45, 7) is 0. The van der Waals surface area contributed by atoms with E-state index in [-0.39, 0.29) is 17.5 Å². The van der Waals surface area contributed by atoms with Crippen molar-refractivity contribution in [3.8, 4) is 0 Å². The summed E-state index contributed by atoms with van der Waals surface area (Å²) in [5.41, 5.74) is 3.75. The maximum absolute atomic E-state index is 12.3. The largest absolute Gasteiger partial charge is 0.353 e. The molecule has 3 heteroatoms. The summed E-state index contributed by atoms with van der Waals surface area (Å²) in [6, 6.07) is 19.2. The number of hydrogen-bond donors (Lipinski definition) is 0. The predicted octanol–water partition coefficient (Wildman–Crippen LogP) is 3.00. The topological polar surface area (TPSA) is 23.6 Å². The zero-order valence-corrected chi connectivity index (χ0v) is 13.0. The molecule has 22 heavy (non-hydrogen) atoms. The van der Waals surface area contributed by atoms with Crippen LogP contribution < -0.4 is 4.90 Å². The summed E-state index contributed by atoms with van der Waals surface area (Å²) in [7, 11) is 4.04. The lowest BCUT2D eigenvalue weighted by molar-refractivity contribution is -0.136. The van der Waals surface area contributed by atoms with Crippen molar-refractivity contribution in [1.29, 1.82) is 0 Å². The number of likely N-dealkylation sites (tertiary alicyclic amines) is 1. The van der Waals surface area contributed by atoms with E-state index in [0.29, 0.717) is 6.42 Å². The van der Waals surface area contributed by atoms with E-state index in [2.05, 4.69) is 66.5 Å². The van der Waals surface area contributed by atoms with Gasteiger partial charge in [-0.1, -0.05) is 48.5 Å². The molecule has 0 aliphatic carbocycles. The van der Waals surface area contributed by atoms with Crippen LogP contribution in [0.25, 0.3) is 0 Å². The van der Waals surface area contributed by atoms with Gasteiger partial charge in [-0.25, -0.2) is 0 Å². The van der Waals surface area contributed by atoms with Crippen molar-refractivity contribution >= 4 is 11.6 Å². The van der Waals surface area contributed by atoms with Crippen LogP contribution in [-0.4, -0.2) is 31.1 Å². The number of rotatable bonds is 1. The number of carbonyl (C=O) groups excluding carboxylic acids is 1. The summed E-state index contributed by atoms with van der Waals surface area (Å²) in [5, 5.41) is 0. The third kappa shape index (κ3) is 1.54. The first-order valence-electron chi connectivity index (χ1n) is 7.80. The fraction of sp³-hybridized carbons (Fsp3) is 0.316. The van der Waals surface area contributed by atoms with Crippen molar-refractivity contribution in [2.75, 3.05) is 19.0 Å². The Hall–Kier alpha value is -2.29. The Bertz CT molecular complexity index is 727. The molecule has 0 bridgehead atoms. The smallest absolute Gasteiger partial charge is 0.224 e. The quantitative estimate of drug-likeness (QED) is 0.806. The summed E-state index contributed by atoms with van der Waals surface area (Å²) in [5.74, 6) is 0.233. The number of amides is 1. The van der Waals surface area contributed by atoms with Crippen LogP contribution in [0.2, 0.25) is 0 Å². The van der Waals surface area contributed by atoms with Gasteiger partial charge in [-0.2, -0.15) is 0 Å². The average molecular weight is 292 g/mol. The molecular weight excluding hydrogens is 272 g/mol. The van der Waals surface area contributed by atoms with Crippen LogP contribution in [0.1, 0.15) is 24.0 Å². The highest BCUT2D eigenvalue weighted by atomic mass is 16.2. The van der Waals surface area contributed by atoms with Crippen LogP contribution in [0.3, 0.4) is 0 Å². The monoisotopic (exact) mass is 292 g/mol. The van der Waals surface area contributed by atoms with Crippen molar-refractivity contribution < 1.29 is 4.79 Å². The minimum atomic E-state index is -0.130. The zero-order chi connectivity index (χ0) is 15.3. The summed E-state index contributed by atoms with van der Waals surface area (Å²) >= 11 is 0. The SMILES string of the molecule is CN1C(=O)CC[C@@]2(c3ccccc3)c3ccccc3N(C)[C@@H]12. The van der Waals surface area contributed by atoms with E-state index >= 15 is 0 Å². The minimum absolute atomic E-state index is 0.0496. The third-order valence-electron chi connectivity index (χ3n) is 5.35. The second-order valence-electron chi connectivity index (χ2n) is 6.34. The number of nitrogens with zero attached hydrogens (tertiary/aromatic N) is 2. The maximum Gasteiger partial charge on any atom is 0.224 e. The van der Waals surface area contributed by atoms with Gasteiger partial charge in [0, 0.05) is 26.2 Å². The molecule has 1 saturated heterocycles. The van der Waals surface area contributed by atoms with E-state index < -0.39 is 0 Å². The summed E-state index contributed by atoms with van der Waals surface area (Å²) in [6.07, 6.45) is 1.52. The number of likely N-dealkylation sites (N-methyl/N-ethyl adjacent to an activating group) is 2. The molecule has 0 radical (unpaired) electrons. The number of carbonyl (C=O) groups is 1. The molecule has 0 aromatic heterocycles. The first kappa shape index (κ1) is 13.4. The van der Waals surface area contributed by atoms with Crippen LogP contribution >= 0.6 is 0 Å².